The van der Waals surface area contributed by atoms with Gasteiger partial charge in [0.05, 0.1) is 10.7 Å². The van der Waals surface area contributed by atoms with Crippen LogP contribution in [0.3, 0.4) is 0 Å². The van der Waals surface area contributed by atoms with Crippen LogP contribution in [0.5, 0.6) is 0 Å². The number of aromatic nitrogens is 1. The lowest BCUT2D eigenvalue weighted by Gasteiger charge is -1.95. The van der Waals surface area contributed by atoms with Crippen LogP contribution in [0, 0.1) is 5.82 Å². The SMILES string of the molecule is Fc1cccc(-c2csc(CCS)n2)c1. The lowest BCUT2D eigenvalue weighted by Crippen LogP contribution is -1.85. The van der Waals surface area contributed by atoms with E-state index < -0.39 is 0 Å². The highest BCUT2D eigenvalue weighted by Gasteiger charge is 2.04. The predicted octanol–water partition coefficient (Wildman–Crippen LogP) is 3.42. The van der Waals surface area contributed by atoms with Crippen LogP contribution in [0.1, 0.15) is 5.01 Å². The Morgan fingerprint density at radius 2 is 2.27 bits per heavy atom. The number of aryl methyl sites for hydroxylation is 1. The van der Waals surface area contributed by atoms with E-state index in [9.17, 15) is 4.39 Å². The smallest absolute Gasteiger partial charge is 0.123 e. The molecule has 0 atom stereocenters. The minimum Gasteiger partial charge on any atom is -0.241 e. The van der Waals surface area contributed by atoms with Crippen LogP contribution >= 0.6 is 24.0 Å². The number of benzene rings is 1. The summed E-state index contributed by atoms with van der Waals surface area (Å²) in [5, 5.41) is 3.00. The van der Waals surface area contributed by atoms with Crippen LogP contribution in [0.15, 0.2) is 29.6 Å². The van der Waals surface area contributed by atoms with Crippen molar-refractivity contribution in [1.82, 2.24) is 4.98 Å². The lowest BCUT2D eigenvalue weighted by molar-refractivity contribution is 0.628. The molecule has 0 amide bonds. The summed E-state index contributed by atoms with van der Waals surface area (Å²) in [7, 11) is 0. The molecule has 0 aliphatic carbocycles. The molecule has 0 radical (unpaired) electrons. The molecule has 1 nitrogen and oxygen atoms in total. The molecular formula is C11H10FNS2. The molecule has 1 aromatic carbocycles. The fraction of sp³-hybridized carbons (Fsp3) is 0.182. The highest BCUT2D eigenvalue weighted by Crippen LogP contribution is 2.22. The van der Waals surface area contributed by atoms with Gasteiger partial charge in [0.1, 0.15) is 5.82 Å². The fourth-order valence-electron chi connectivity index (χ4n) is 1.30. The molecule has 0 fully saturated rings. The highest BCUT2D eigenvalue weighted by atomic mass is 32.1. The fourth-order valence-corrected chi connectivity index (χ4v) is 2.47. The molecule has 2 aromatic rings. The van der Waals surface area contributed by atoms with E-state index >= 15 is 0 Å². The summed E-state index contributed by atoms with van der Waals surface area (Å²) in [6.45, 7) is 0. The molecule has 15 heavy (non-hydrogen) atoms. The molecule has 4 heteroatoms. The molecule has 0 spiro atoms. The van der Waals surface area contributed by atoms with Crippen molar-refractivity contribution in [2.45, 2.75) is 6.42 Å². The molecule has 0 bridgehead atoms. The van der Waals surface area contributed by atoms with Crippen molar-refractivity contribution >= 4 is 24.0 Å². The van der Waals surface area contributed by atoms with Crippen LogP contribution in [-0.4, -0.2) is 10.7 Å². The Kier molecular flexibility index (Phi) is 3.38. The third-order valence-electron chi connectivity index (χ3n) is 2.00. The van der Waals surface area contributed by atoms with Crippen LogP contribution in [0.2, 0.25) is 0 Å². The Morgan fingerprint density at radius 1 is 1.40 bits per heavy atom. The molecular weight excluding hydrogens is 229 g/mol. The Labute approximate surface area is 97.4 Å². The maximum Gasteiger partial charge on any atom is 0.123 e. The standard InChI is InChI=1S/C11H10FNS2/c12-9-3-1-2-8(6-9)10-7-15-11(13-10)4-5-14/h1-3,6-7,14H,4-5H2. The summed E-state index contributed by atoms with van der Waals surface area (Å²) in [5.41, 5.74) is 1.67. The zero-order valence-corrected chi connectivity index (χ0v) is 9.69. The van der Waals surface area contributed by atoms with Crippen molar-refractivity contribution in [3.63, 3.8) is 0 Å². The van der Waals surface area contributed by atoms with Gasteiger partial charge in [-0.1, -0.05) is 12.1 Å². The van der Waals surface area contributed by atoms with E-state index in [-0.39, 0.29) is 5.82 Å². The van der Waals surface area contributed by atoms with E-state index in [2.05, 4.69) is 17.6 Å². The van der Waals surface area contributed by atoms with Crippen molar-refractivity contribution in [2.24, 2.45) is 0 Å². The maximum atomic E-state index is 13.0. The van der Waals surface area contributed by atoms with Gasteiger partial charge in [0.25, 0.3) is 0 Å². The molecule has 0 unspecified atom stereocenters. The van der Waals surface area contributed by atoms with Crippen molar-refractivity contribution in [1.29, 1.82) is 0 Å². The average Bonchev–Trinajstić information content (AvgIpc) is 2.67. The van der Waals surface area contributed by atoms with E-state index in [0.29, 0.717) is 0 Å². The van der Waals surface area contributed by atoms with Gasteiger partial charge in [-0.05, 0) is 17.9 Å². The zero-order valence-electron chi connectivity index (χ0n) is 7.98. The van der Waals surface area contributed by atoms with Gasteiger partial charge >= 0.3 is 0 Å². The third-order valence-corrected chi connectivity index (χ3v) is 3.13. The van der Waals surface area contributed by atoms with Crippen molar-refractivity contribution in [3.8, 4) is 11.3 Å². The summed E-state index contributed by atoms with van der Waals surface area (Å²) in [5.74, 6) is 0.562. The molecule has 0 aliphatic heterocycles. The molecule has 1 aromatic heterocycles. The number of nitrogens with zero attached hydrogens (tertiary/aromatic N) is 1. The summed E-state index contributed by atoms with van der Waals surface area (Å²) in [6, 6.07) is 6.49. The number of halogens is 1. The molecule has 2 rings (SSSR count). The highest BCUT2D eigenvalue weighted by molar-refractivity contribution is 7.80. The van der Waals surface area contributed by atoms with Crippen LogP contribution < -0.4 is 0 Å². The quantitative estimate of drug-likeness (QED) is 0.810. The van der Waals surface area contributed by atoms with E-state index in [1.54, 1.807) is 17.4 Å². The van der Waals surface area contributed by atoms with Crippen LogP contribution in [0.4, 0.5) is 4.39 Å². The van der Waals surface area contributed by atoms with Gasteiger partial charge in [-0.2, -0.15) is 12.6 Å². The van der Waals surface area contributed by atoms with Crippen molar-refractivity contribution in [2.75, 3.05) is 5.75 Å². The van der Waals surface area contributed by atoms with E-state index in [4.69, 9.17) is 0 Å². The van der Waals surface area contributed by atoms with Gasteiger partial charge in [-0.3, -0.25) is 0 Å². The largest absolute Gasteiger partial charge is 0.241 e. The molecule has 1 heterocycles. The van der Waals surface area contributed by atoms with Crippen LogP contribution in [-0.2, 0) is 6.42 Å². The lowest BCUT2D eigenvalue weighted by atomic mass is 10.2. The third kappa shape index (κ3) is 2.58. The normalized spacial score (nSPS) is 10.5. The van der Waals surface area contributed by atoms with E-state index in [0.717, 1.165) is 28.4 Å². The minimum absolute atomic E-state index is 0.226. The summed E-state index contributed by atoms with van der Waals surface area (Å²) in [4.78, 5) is 4.41. The minimum atomic E-state index is -0.226. The Hall–Kier alpha value is -0.870. The monoisotopic (exact) mass is 239 g/mol. The first-order valence-electron chi connectivity index (χ1n) is 4.61. The first-order chi connectivity index (χ1) is 7.29. The molecule has 0 saturated carbocycles. The number of hydrogen-bond donors (Lipinski definition) is 1. The second-order valence-corrected chi connectivity index (χ2v) is 4.50. The molecule has 0 aliphatic rings. The summed E-state index contributed by atoms with van der Waals surface area (Å²) in [6.07, 6.45) is 0.864. The topological polar surface area (TPSA) is 12.9 Å². The zero-order chi connectivity index (χ0) is 10.7. The van der Waals surface area contributed by atoms with Gasteiger partial charge < -0.3 is 0 Å². The number of thiol groups is 1. The average molecular weight is 239 g/mol. The summed E-state index contributed by atoms with van der Waals surface area (Å²) >= 11 is 5.74. The van der Waals surface area contributed by atoms with Gasteiger partial charge in [-0.15, -0.1) is 11.3 Å². The summed E-state index contributed by atoms with van der Waals surface area (Å²) < 4.78 is 13.0. The second kappa shape index (κ2) is 4.77. The number of rotatable bonds is 3. The molecule has 0 N–H and O–H groups in total. The maximum absolute atomic E-state index is 13.0. The number of hydrogen-bond acceptors (Lipinski definition) is 3. The number of thiazole rings is 1. The van der Waals surface area contributed by atoms with Crippen LogP contribution in [0.25, 0.3) is 11.3 Å². The molecule has 78 valence electrons. The van der Waals surface area contributed by atoms with Gasteiger partial charge in [0, 0.05) is 17.4 Å². The van der Waals surface area contributed by atoms with Gasteiger partial charge in [0.15, 0.2) is 0 Å². The van der Waals surface area contributed by atoms with Crippen molar-refractivity contribution < 1.29 is 4.39 Å². The first kappa shape index (κ1) is 10.6. The van der Waals surface area contributed by atoms with Crippen molar-refractivity contribution in [3.05, 3.63) is 40.5 Å². The van der Waals surface area contributed by atoms with E-state index in [1.165, 1.54) is 12.1 Å². The second-order valence-electron chi connectivity index (χ2n) is 3.11. The Bertz CT molecular complexity index is 453. The first-order valence-corrected chi connectivity index (χ1v) is 6.12. The molecule has 0 saturated heterocycles. The van der Waals surface area contributed by atoms with Gasteiger partial charge in [-0.25, -0.2) is 9.37 Å². The Morgan fingerprint density at radius 3 is 3.00 bits per heavy atom. The van der Waals surface area contributed by atoms with E-state index in [1.807, 2.05) is 11.4 Å². The Balaban J connectivity index is 2.29. The van der Waals surface area contributed by atoms with Gasteiger partial charge in [0.2, 0.25) is 0 Å². The predicted molar refractivity (Wildman–Crippen MR) is 65.1 cm³/mol.